The minimum absolute atomic E-state index is 0.368. The molecule has 1 aromatic rings. The molecule has 4 heteroatoms. The molecular weight excluding hydrogens is 304 g/mol. The van der Waals surface area contributed by atoms with Crippen LogP contribution in [0.4, 0.5) is 0 Å². The lowest BCUT2D eigenvalue weighted by atomic mass is 10.0. The molecule has 1 N–H and O–H groups in total. The first kappa shape index (κ1) is 15.0. The first-order chi connectivity index (χ1) is 9.19. The van der Waals surface area contributed by atoms with Crippen molar-refractivity contribution in [1.82, 2.24) is 10.2 Å². The van der Waals surface area contributed by atoms with E-state index in [1.807, 2.05) is 7.05 Å². The zero-order valence-electron chi connectivity index (χ0n) is 11.7. The van der Waals surface area contributed by atoms with Crippen molar-refractivity contribution >= 4 is 15.9 Å². The van der Waals surface area contributed by atoms with E-state index in [0.29, 0.717) is 12.1 Å². The van der Waals surface area contributed by atoms with Crippen molar-refractivity contribution in [2.45, 2.75) is 25.5 Å². The Labute approximate surface area is 124 Å². The number of hydrogen-bond donors (Lipinski definition) is 1. The van der Waals surface area contributed by atoms with E-state index >= 15 is 0 Å². The molecule has 0 radical (unpaired) electrons. The average Bonchev–Trinajstić information content (AvgIpc) is 2.40. The Bertz CT molecular complexity index is 399. The fourth-order valence-electron chi connectivity index (χ4n) is 2.61. The van der Waals surface area contributed by atoms with Crippen LogP contribution < -0.4 is 5.32 Å². The molecule has 0 amide bonds. The summed E-state index contributed by atoms with van der Waals surface area (Å²) in [7, 11) is 2.04. The van der Waals surface area contributed by atoms with Gasteiger partial charge in [0.1, 0.15) is 0 Å². The third-order valence-electron chi connectivity index (χ3n) is 3.66. The summed E-state index contributed by atoms with van der Waals surface area (Å²) in [6.45, 7) is 6.23. The number of ether oxygens (including phenoxy) is 1. The Morgan fingerprint density at radius 3 is 3.05 bits per heavy atom. The highest BCUT2D eigenvalue weighted by Gasteiger charge is 2.18. The second kappa shape index (κ2) is 7.39. The summed E-state index contributed by atoms with van der Waals surface area (Å²) < 4.78 is 6.72. The summed E-state index contributed by atoms with van der Waals surface area (Å²) in [4.78, 5) is 2.50. The number of benzene rings is 1. The van der Waals surface area contributed by atoms with Gasteiger partial charge in [0.2, 0.25) is 0 Å². The summed E-state index contributed by atoms with van der Waals surface area (Å²) in [5.41, 5.74) is 1.35. The molecule has 1 saturated heterocycles. The second-order valence-electron chi connectivity index (χ2n) is 5.17. The Morgan fingerprint density at radius 2 is 2.37 bits per heavy atom. The van der Waals surface area contributed by atoms with Crippen LogP contribution in [0.15, 0.2) is 28.7 Å². The molecule has 1 fully saturated rings. The van der Waals surface area contributed by atoms with Gasteiger partial charge >= 0.3 is 0 Å². The highest BCUT2D eigenvalue weighted by molar-refractivity contribution is 9.10. The van der Waals surface area contributed by atoms with Crippen LogP contribution in [-0.2, 0) is 4.74 Å². The van der Waals surface area contributed by atoms with Gasteiger partial charge in [-0.3, -0.25) is 4.90 Å². The van der Waals surface area contributed by atoms with E-state index in [2.05, 4.69) is 57.3 Å². The lowest BCUT2D eigenvalue weighted by Gasteiger charge is -2.32. The smallest absolute Gasteiger partial charge is 0.0674 e. The van der Waals surface area contributed by atoms with Crippen molar-refractivity contribution < 1.29 is 4.74 Å². The van der Waals surface area contributed by atoms with Crippen molar-refractivity contribution in [1.29, 1.82) is 0 Å². The maximum absolute atomic E-state index is 5.58. The van der Waals surface area contributed by atoms with E-state index in [1.165, 1.54) is 5.56 Å². The highest BCUT2D eigenvalue weighted by Crippen LogP contribution is 2.21. The predicted octanol–water partition coefficient (Wildman–Crippen LogP) is 2.82. The molecule has 0 spiro atoms. The summed E-state index contributed by atoms with van der Waals surface area (Å²) in [5.74, 6) is 0. The summed E-state index contributed by atoms with van der Waals surface area (Å²) >= 11 is 3.54. The van der Waals surface area contributed by atoms with Gasteiger partial charge in [-0.1, -0.05) is 28.1 Å². The van der Waals surface area contributed by atoms with Gasteiger partial charge in [0.15, 0.2) is 0 Å². The lowest BCUT2D eigenvalue weighted by Crippen LogP contribution is -2.42. The third-order valence-corrected chi connectivity index (χ3v) is 4.15. The average molecular weight is 327 g/mol. The Kier molecular flexibility index (Phi) is 5.82. The van der Waals surface area contributed by atoms with Gasteiger partial charge < -0.3 is 10.1 Å². The SMILES string of the molecule is CNC(CCN1CCOC(C)C1)c1cccc(Br)c1. The van der Waals surface area contributed by atoms with Gasteiger partial charge in [-0.05, 0) is 38.1 Å². The molecule has 2 unspecified atom stereocenters. The van der Waals surface area contributed by atoms with Crippen LogP contribution in [0.1, 0.15) is 24.9 Å². The molecule has 0 aliphatic carbocycles. The van der Waals surface area contributed by atoms with Crippen molar-refractivity contribution in [3.05, 3.63) is 34.3 Å². The summed E-state index contributed by atoms with van der Waals surface area (Å²) in [6.07, 6.45) is 1.49. The molecule has 1 aliphatic rings. The molecule has 0 saturated carbocycles. The van der Waals surface area contributed by atoms with E-state index in [-0.39, 0.29) is 0 Å². The summed E-state index contributed by atoms with van der Waals surface area (Å²) in [5, 5.41) is 3.42. The standard InChI is InChI=1S/C15H23BrN2O/c1-12-11-18(8-9-19-12)7-6-15(17-2)13-4-3-5-14(16)10-13/h3-5,10,12,15,17H,6-9,11H2,1-2H3. The van der Waals surface area contributed by atoms with Gasteiger partial charge in [-0.2, -0.15) is 0 Å². The molecule has 1 aliphatic heterocycles. The van der Waals surface area contributed by atoms with Crippen LogP contribution in [0.3, 0.4) is 0 Å². The minimum atomic E-state index is 0.368. The van der Waals surface area contributed by atoms with Crippen molar-refractivity contribution in [3.63, 3.8) is 0 Å². The second-order valence-corrected chi connectivity index (χ2v) is 6.08. The van der Waals surface area contributed by atoms with Crippen LogP contribution in [0.2, 0.25) is 0 Å². The number of nitrogens with one attached hydrogen (secondary N) is 1. The Balaban J connectivity index is 1.89. The molecule has 19 heavy (non-hydrogen) atoms. The van der Waals surface area contributed by atoms with E-state index in [0.717, 1.165) is 37.1 Å². The fraction of sp³-hybridized carbons (Fsp3) is 0.600. The largest absolute Gasteiger partial charge is 0.376 e. The number of nitrogens with zero attached hydrogens (tertiary/aromatic N) is 1. The number of morpholine rings is 1. The number of hydrogen-bond acceptors (Lipinski definition) is 3. The van der Waals surface area contributed by atoms with Crippen molar-refractivity contribution in [2.75, 3.05) is 33.3 Å². The fourth-order valence-corrected chi connectivity index (χ4v) is 3.02. The van der Waals surface area contributed by atoms with Crippen molar-refractivity contribution in [3.8, 4) is 0 Å². The van der Waals surface area contributed by atoms with Gasteiger partial charge in [0.05, 0.1) is 12.7 Å². The van der Waals surface area contributed by atoms with Crippen LogP contribution in [0.5, 0.6) is 0 Å². The normalized spacial score (nSPS) is 22.4. The topological polar surface area (TPSA) is 24.5 Å². The van der Waals surface area contributed by atoms with Gasteiger partial charge in [0, 0.05) is 30.1 Å². The van der Waals surface area contributed by atoms with Gasteiger partial charge in [-0.15, -0.1) is 0 Å². The third kappa shape index (κ3) is 4.56. The molecule has 0 bridgehead atoms. The zero-order chi connectivity index (χ0) is 13.7. The van der Waals surface area contributed by atoms with Crippen molar-refractivity contribution in [2.24, 2.45) is 0 Å². The molecule has 0 aromatic heterocycles. The van der Waals surface area contributed by atoms with Crippen LogP contribution in [0.25, 0.3) is 0 Å². The maximum Gasteiger partial charge on any atom is 0.0674 e. The first-order valence-corrected chi connectivity index (χ1v) is 7.75. The number of halogens is 1. The van der Waals surface area contributed by atoms with Crippen LogP contribution in [0, 0.1) is 0 Å². The Hall–Kier alpha value is -0.420. The Morgan fingerprint density at radius 1 is 1.53 bits per heavy atom. The highest BCUT2D eigenvalue weighted by atomic mass is 79.9. The molecule has 2 atom stereocenters. The van der Waals surface area contributed by atoms with E-state index < -0.39 is 0 Å². The maximum atomic E-state index is 5.58. The molecule has 1 aromatic carbocycles. The van der Waals surface area contributed by atoms with E-state index in [4.69, 9.17) is 4.74 Å². The molecule has 1 heterocycles. The molecule has 2 rings (SSSR count). The zero-order valence-corrected chi connectivity index (χ0v) is 13.3. The molecule has 106 valence electrons. The van der Waals surface area contributed by atoms with E-state index in [9.17, 15) is 0 Å². The van der Waals surface area contributed by atoms with Crippen LogP contribution in [-0.4, -0.2) is 44.3 Å². The minimum Gasteiger partial charge on any atom is -0.376 e. The van der Waals surface area contributed by atoms with Crippen LogP contribution >= 0.6 is 15.9 Å². The first-order valence-electron chi connectivity index (χ1n) is 6.95. The van der Waals surface area contributed by atoms with Gasteiger partial charge in [-0.25, -0.2) is 0 Å². The van der Waals surface area contributed by atoms with Gasteiger partial charge in [0.25, 0.3) is 0 Å². The quantitative estimate of drug-likeness (QED) is 0.900. The van der Waals surface area contributed by atoms with E-state index in [1.54, 1.807) is 0 Å². The predicted molar refractivity (Wildman–Crippen MR) is 82.4 cm³/mol. The lowest BCUT2D eigenvalue weighted by molar-refractivity contribution is -0.0191. The molecule has 3 nitrogen and oxygen atoms in total. The summed E-state index contributed by atoms with van der Waals surface area (Å²) in [6, 6.07) is 8.97. The molecular formula is C15H23BrN2O. The monoisotopic (exact) mass is 326 g/mol. The number of rotatable bonds is 5.